The Morgan fingerprint density at radius 2 is 1.97 bits per heavy atom. The normalized spacial score (nSPS) is 11.1. The molecule has 0 spiro atoms. The maximum absolute atomic E-state index is 13.9. The highest BCUT2D eigenvalue weighted by Gasteiger charge is 2.18. The van der Waals surface area contributed by atoms with Gasteiger partial charge >= 0.3 is 0 Å². The SMILES string of the molecule is Cc1cccc(-n2nc(C(=O)NCc3ccccc3F)cc2-c2ccc3ncsc3c2)n1. The van der Waals surface area contributed by atoms with Crippen LogP contribution in [-0.4, -0.2) is 25.7 Å². The van der Waals surface area contributed by atoms with Crippen LogP contribution in [0, 0.1) is 12.7 Å². The van der Waals surface area contributed by atoms with Crippen LogP contribution in [-0.2, 0) is 6.54 Å². The van der Waals surface area contributed by atoms with Gasteiger partial charge in [0.2, 0.25) is 0 Å². The van der Waals surface area contributed by atoms with Crippen molar-refractivity contribution in [2.75, 3.05) is 0 Å². The second kappa shape index (κ2) is 8.32. The van der Waals surface area contributed by atoms with Gasteiger partial charge in [-0.3, -0.25) is 4.79 Å². The zero-order chi connectivity index (χ0) is 22.1. The number of carbonyl (C=O) groups is 1. The van der Waals surface area contributed by atoms with Gasteiger partial charge in [-0.1, -0.05) is 30.3 Å². The first-order valence-electron chi connectivity index (χ1n) is 9.98. The number of nitrogens with zero attached hydrogens (tertiary/aromatic N) is 4. The molecule has 6 nitrogen and oxygen atoms in total. The summed E-state index contributed by atoms with van der Waals surface area (Å²) in [6.45, 7) is 1.97. The number of carbonyl (C=O) groups excluding carboxylic acids is 1. The highest BCUT2D eigenvalue weighted by atomic mass is 32.1. The van der Waals surface area contributed by atoms with E-state index in [-0.39, 0.29) is 24.0 Å². The molecule has 0 fully saturated rings. The Balaban J connectivity index is 1.53. The van der Waals surface area contributed by atoms with E-state index in [2.05, 4.69) is 20.4 Å². The number of hydrogen-bond donors (Lipinski definition) is 1. The molecule has 0 bridgehead atoms. The van der Waals surface area contributed by atoms with Crippen LogP contribution >= 0.6 is 11.3 Å². The molecule has 3 heterocycles. The number of aryl methyl sites for hydroxylation is 1. The Bertz CT molecular complexity index is 1440. The molecule has 0 unspecified atom stereocenters. The van der Waals surface area contributed by atoms with Crippen molar-refractivity contribution in [3.05, 3.63) is 95.0 Å². The minimum Gasteiger partial charge on any atom is -0.346 e. The molecule has 2 aromatic carbocycles. The summed E-state index contributed by atoms with van der Waals surface area (Å²) in [7, 11) is 0. The molecule has 32 heavy (non-hydrogen) atoms. The van der Waals surface area contributed by atoms with Gasteiger partial charge in [0.1, 0.15) is 5.82 Å². The van der Waals surface area contributed by atoms with Crippen molar-refractivity contribution in [3.8, 4) is 17.1 Å². The molecule has 5 aromatic rings. The van der Waals surface area contributed by atoms with E-state index in [1.807, 2.05) is 43.3 Å². The zero-order valence-corrected chi connectivity index (χ0v) is 17.9. The summed E-state index contributed by atoms with van der Waals surface area (Å²) in [6.07, 6.45) is 0. The van der Waals surface area contributed by atoms with Gasteiger partial charge in [0.25, 0.3) is 5.91 Å². The van der Waals surface area contributed by atoms with E-state index in [0.717, 1.165) is 27.2 Å². The van der Waals surface area contributed by atoms with Crippen LogP contribution in [0.2, 0.25) is 0 Å². The molecule has 0 radical (unpaired) electrons. The number of pyridine rings is 1. The average molecular weight is 444 g/mol. The van der Waals surface area contributed by atoms with Crippen molar-refractivity contribution >= 4 is 27.5 Å². The summed E-state index contributed by atoms with van der Waals surface area (Å²) in [6, 6.07) is 19.6. The fourth-order valence-electron chi connectivity index (χ4n) is 3.44. The second-order valence-electron chi connectivity index (χ2n) is 7.27. The third-order valence-corrected chi connectivity index (χ3v) is 5.85. The zero-order valence-electron chi connectivity index (χ0n) is 17.1. The summed E-state index contributed by atoms with van der Waals surface area (Å²) in [5, 5.41) is 7.29. The summed E-state index contributed by atoms with van der Waals surface area (Å²) >= 11 is 1.55. The molecule has 8 heteroatoms. The van der Waals surface area contributed by atoms with Crippen LogP contribution < -0.4 is 5.32 Å². The standard InChI is InChI=1S/C24H18FN5OS/c1-15-5-4-8-23(28-15)30-21(16-9-10-19-22(11-16)32-14-27-19)12-20(29-30)24(31)26-13-17-6-2-3-7-18(17)25/h2-12,14H,13H2,1H3,(H,26,31). The predicted octanol–water partition coefficient (Wildman–Crippen LogP) is 4.92. The summed E-state index contributed by atoms with van der Waals surface area (Å²) in [4.78, 5) is 21.8. The minimum absolute atomic E-state index is 0.0726. The van der Waals surface area contributed by atoms with Gasteiger partial charge in [-0.05, 0) is 43.3 Å². The summed E-state index contributed by atoms with van der Waals surface area (Å²) in [5.74, 6) is -0.141. The monoisotopic (exact) mass is 443 g/mol. The first-order chi connectivity index (χ1) is 15.6. The molecule has 0 aliphatic heterocycles. The van der Waals surface area contributed by atoms with E-state index in [0.29, 0.717) is 11.4 Å². The number of fused-ring (bicyclic) bond motifs is 1. The van der Waals surface area contributed by atoms with Crippen molar-refractivity contribution in [3.63, 3.8) is 0 Å². The lowest BCUT2D eigenvalue weighted by molar-refractivity contribution is 0.0945. The van der Waals surface area contributed by atoms with E-state index in [4.69, 9.17) is 0 Å². The Hall–Kier alpha value is -3.91. The number of aromatic nitrogens is 4. The number of amides is 1. The number of nitrogens with one attached hydrogen (secondary N) is 1. The predicted molar refractivity (Wildman–Crippen MR) is 122 cm³/mol. The van der Waals surface area contributed by atoms with Gasteiger partial charge in [0.05, 0.1) is 21.4 Å². The van der Waals surface area contributed by atoms with Gasteiger partial charge < -0.3 is 5.32 Å². The van der Waals surface area contributed by atoms with E-state index in [9.17, 15) is 9.18 Å². The largest absolute Gasteiger partial charge is 0.346 e. The fraction of sp³-hybridized carbons (Fsp3) is 0.0833. The molecule has 1 amide bonds. The van der Waals surface area contributed by atoms with Crippen LogP contribution in [0.1, 0.15) is 21.7 Å². The fourth-order valence-corrected chi connectivity index (χ4v) is 4.16. The first-order valence-corrected chi connectivity index (χ1v) is 10.9. The van der Waals surface area contributed by atoms with Gasteiger partial charge in [0, 0.05) is 23.4 Å². The van der Waals surface area contributed by atoms with Crippen molar-refractivity contribution < 1.29 is 9.18 Å². The molecule has 0 atom stereocenters. The number of halogens is 1. The smallest absolute Gasteiger partial charge is 0.272 e. The second-order valence-corrected chi connectivity index (χ2v) is 8.16. The van der Waals surface area contributed by atoms with E-state index in [1.165, 1.54) is 6.07 Å². The third-order valence-electron chi connectivity index (χ3n) is 5.06. The Labute approximate surface area is 187 Å². The Morgan fingerprint density at radius 1 is 1.09 bits per heavy atom. The number of rotatable bonds is 5. The van der Waals surface area contributed by atoms with Crippen LogP contribution in [0.4, 0.5) is 4.39 Å². The number of benzene rings is 2. The van der Waals surface area contributed by atoms with Crippen molar-refractivity contribution in [1.29, 1.82) is 0 Å². The molecule has 0 saturated carbocycles. The first kappa shape index (κ1) is 20.0. The Morgan fingerprint density at radius 3 is 2.81 bits per heavy atom. The third kappa shape index (κ3) is 3.88. The molecule has 158 valence electrons. The molecular formula is C24H18FN5OS. The highest BCUT2D eigenvalue weighted by Crippen LogP contribution is 2.28. The van der Waals surface area contributed by atoms with Crippen molar-refractivity contribution in [2.24, 2.45) is 0 Å². The van der Waals surface area contributed by atoms with Crippen molar-refractivity contribution in [2.45, 2.75) is 13.5 Å². The number of hydrogen-bond acceptors (Lipinski definition) is 5. The lowest BCUT2D eigenvalue weighted by Crippen LogP contribution is -2.24. The van der Waals surface area contributed by atoms with Gasteiger partial charge in [-0.15, -0.1) is 11.3 Å². The van der Waals surface area contributed by atoms with E-state index >= 15 is 0 Å². The lowest BCUT2D eigenvalue weighted by atomic mass is 10.1. The Kier molecular flexibility index (Phi) is 5.20. The molecule has 5 rings (SSSR count). The van der Waals surface area contributed by atoms with E-state index in [1.54, 1.807) is 45.8 Å². The quantitative estimate of drug-likeness (QED) is 0.418. The number of thiazole rings is 1. The molecular weight excluding hydrogens is 425 g/mol. The van der Waals surface area contributed by atoms with Crippen LogP contribution in [0.25, 0.3) is 27.3 Å². The topological polar surface area (TPSA) is 72.7 Å². The molecule has 3 aromatic heterocycles. The van der Waals surface area contributed by atoms with E-state index < -0.39 is 0 Å². The van der Waals surface area contributed by atoms with Gasteiger partial charge in [-0.2, -0.15) is 5.10 Å². The molecule has 0 aliphatic rings. The minimum atomic E-state index is -0.389. The summed E-state index contributed by atoms with van der Waals surface area (Å²) < 4.78 is 16.6. The summed E-state index contributed by atoms with van der Waals surface area (Å²) in [5.41, 5.74) is 5.82. The highest BCUT2D eigenvalue weighted by molar-refractivity contribution is 7.16. The van der Waals surface area contributed by atoms with Gasteiger partial charge in [0.15, 0.2) is 11.5 Å². The van der Waals surface area contributed by atoms with Gasteiger partial charge in [-0.25, -0.2) is 19.0 Å². The van der Waals surface area contributed by atoms with Crippen molar-refractivity contribution in [1.82, 2.24) is 25.1 Å². The average Bonchev–Trinajstić information content (AvgIpc) is 3.45. The maximum Gasteiger partial charge on any atom is 0.272 e. The molecule has 0 saturated heterocycles. The molecule has 1 N–H and O–H groups in total. The van der Waals surface area contributed by atoms with Crippen LogP contribution in [0.5, 0.6) is 0 Å². The van der Waals surface area contributed by atoms with Crippen LogP contribution in [0.15, 0.2) is 72.2 Å². The lowest BCUT2D eigenvalue weighted by Gasteiger charge is -2.07. The van der Waals surface area contributed by atoms with Crippen LogP contribution in [0.3, 0.4) is 0 Å². The molecule has 0 aliphatic carbocycles. The maximum atomic E-state index is 13.9.